The number of rotatable bonds is 7. The zero-order valence-corrected chi connectivity index (χ0v) is 38.2. The summed E-state index contributed by atoms with van der Waals surface area (Å²) in [4.78, 5) is 9.64. The first-order valence-electron chi connectivity index (χ1n) is 20.2. The molecule has 0 aliphatic rings. The number of hydrogen-bond donors (Lipinski definition) is 0. The smallest absolute Gasteiger partial charge is 0.0705 e. The highest BCUT2D eigenvalue weighted by atomic mass is 79.9. The van der Waals surface area contributed by atoms with E-state index in [-0.39, 0.29) is 5.41 Å². The van der Waals surface area contributed by atoms with Gasteiger partial charge in [0.25, 0.3) is 0 Å². The molecule has 8 rings (SSSR count). The standard InChI is InChI=1S/C55H48Br2N2/c1-33-28-51(59-32-48(33)38-16-10-9-11-17-38)39-22-24-44(49(56)29-39)42-18-12-14-20-46(42)53-34(2)36(4)54(37(5)35(53)3)47-21-15-13-19-43(47)45-25-23-40(30-50(45)57)52-31-41(26-27-58-52)55(6,7)8/h9-32H,1-8H3. The Labute approximate surface area is 366 Å². The van der Waals surface area contributed by atoms with E-state index in [1.807, 2.05) is 18.5 Å². The Morgan fingerprint density at radius 1 is 0.407 bits per heavy atom. The molecule has 6 aromatic carbocycles. The van der Waals surface area contributed by atoms with E-state index >= 15 is 0 Å². The van der Waals surface area contributed by atoms with Crippen LogP contribution in [0.25, 0.3) is 78.1 Å². The maximum absolute atomic E-state index is 4.90. The lowest BCUT2D eigenvalue weighted by molar-refractivity contribution is 0.589. The highest BCUT2D eigenvalue weighted by Crippen LogP contribution is 2.47. The van der Waals surface area contributed by atoms with Crippen molar-refractivity contribution in [2.45, 2.75) is 60.8 Å². The van der Waals surface area contributed by atoms with Crippen molar-refractivity contribution in [3.05, 3.63) is 188 Å². The van der Waals surface area contributed by atoms with Crippen molar-refractivity contribution in [1.82, 2.24) is 9.97 Å². The molecule has 0 bridgehead atoms. The van der Waals surface area contributed by atoms with Crippen LogP contribution >= 0.6 is 31.9 Å². The Morgan fingerprint density at radius 3 is 1.32 bits per heavy atom. The second kappa shape index (κ2) is 16.3. The average molecular weight is 897 g/mol. The predicted octanol–water partition coefficient (Wildman–Crippen LogP) is 16.5. The molecule has 0 amide bonds. The maximum atomic E-state index is 4.90. The molecule has 0 aliphatic heterocycles. The third kappa shape index (κ3) is 7.77. The molecular formula is C55H48Br2N2. The Morgan fingerprint density at radius 2 is 0.864 bits per heavy atom. The summed E-state index contributed by atoms with van der Waals surface area (Å²) in [7, 11) is 0. The lowest BCUT2D eigenvalue weighted by atomic mass is 9.80. The lowest BCUT2D eigenvalue weighted by Crippen LogP contribution is -2.11. The first-order chi connectivity index (χ1) is 28.3. The van der Waals surface area contributed by atoms with Gasteiger partial charge in [-0.3, -0.25) is 9.97 Å². The summed E-state index contributed by atoms with van der Waals surface area (Å²) in [5, 5.41) is 0. The molecule has 0 radical (unpaired) electrons. The molecule has 0 atom stereocenters. The van der Waals surface area contributed by atoms with E-state index < -0.39 is 0 Å². The minimum atomic E-state index is 0.0499. The second-order valence-electron chi connectivity index (χ2n) is 16.7. The van der Waals surface area contributed by atoms with E-state index in [4.69, 9.17) is 9.97 Å². The quantitative estimate of drug-likeness (QED) is 0.159. The van der Waals surface area contributed by atoms with Gasteiger partial charge in [0, 0.05) is 38.0 Å². The minimum Gasteiger partial charge on any atom is -0.256 e. The largest absolute Gasteiger partial charge is 0.256 e. The minimum absolute atomic E-state index is 0.0499. The van der Waals surface area contributed by atoms with Crippen LogP contribution < -0.4 is 0 Å². The third-order valence-corrected chi connectivity index (χ3v) is 13.3. The van der Waals surface area contributed by atoms with Crippen LogP contribution in [-0.4, -0.2) is 9.97 Å². The van der Waals surface area contributed by atoms with Gasteiger partial charge < -0.3 is 0 Å². The number of aryl methyl sites for hydroxylation is 1. The van der Waals surface area contributed by atoms with Gasteiger partial charge in [0.1, 0.15) is 0 Å². The van der Waals surface area contributed by atoms with Crippen LogP contribution in [-0.2, 0) is 5.41 Å². The van der Waals surface area contributed by atoms with E-state index in [2.05, 4.69) is 215 Å². The second-order valence-corrected chi connectivity index (χ2v) is 18.4. The molecule has 2 aromatic heterocycles. The summed E-state index contributed by atoms with van der Waals surface area (Å²) in [5.74, 6) is 0. The van der Waals surface area contributed by atoms with Gasteiger partial charge in [0.2, 0.25) is 0 Å². The monoisotopic (exact) mass is 894 g/mol. The van der Waals surface area contributed by atoms with Gasteiger partial charge in [-0.2, -0.15) is 0 Å². The van der Waals surface area contributed by atoms with Gasteiger partial charge in [-0.05, 0) is 154 Å². The van der Waals surface area contributed by atoms with Crippen molar-refractivity contribution in [3.8, 4) is 78.1 Å². The average Bonchev–Trinajstić information content (AvgIpc) is 3.23. The van der Waals surface area contributed by atoms with Crippen LogP contribution in [0.3, 0.4) is 0 Å². The lowest BCUT2D eigenvalue weighted by Gasteiger charge is -2.24. The predicted molar refractivity (Wildman–Crippen MR) is 258 cm³/mol. The van der Waals surface area contributed by atoms with Crippen molar-refractivity contribution in [2.75, 3.05) is 0 Å². The van der Waals surface area contributed by atoms with Crippen molar-refractivity contribution in [3.63, 3.8) is 0 Å². The van der Waals surface area contributed by atoms with Gasteiger partial charge in [0.15, 0.2) is 0 Å². The Hall–Kier alpha value is -5.42. The number of halogens is 2. The number of nitrogens with zero attached hydrogens (tertiary/aromatic N) is 2. The fraction of sp³-hybridized carbons (Fsp3) is 0.164. The van der Waals surface area contributed by atoms with Gasteiger partial charge in [-0.25, -0.2) is 0 Å². The normalized spacial score (nSPS) is 11.6. The fourth-order valence-corrected chi connectivity index (χ4v) is 9.65. The first-order valence-corrected chi connectivity index (χ1v) is 21.8. The number of pyridine rings is 2. The van der Waals surface area contributed by atoms with Crippen LogP contribution in [0.4, 0.5) is 0 Å². The van der Waals surface area contributed by atoms with E-state index in [1.54, 1.807) is 0 Å². The zero-order valence-electron chi connectivity index (χ0n) is 35.0. The summed E-state index contributed by atoms with van der Waals surface area (Å²) in [6.45, 7) is 18.0. The SMILES string of the molecule is Cc1cc(-c2ccc(-c3ccccc3-c3c(C)c(C)c(-c4ccccc4-c4ccc(-c5cc(C(C)(C)C)ccn5)cc4Br)c(C)c3C)c(Br)c2)ncc1-c1ccccc1. The molecule has 0 spiro atoms. The Balaban J connectivity index is 1.16. The van der Waals surface area contributed by atoms with Crippen molar-refractivity contribution in [2.24, 2.45) is 0 Å². The highest BCUT2D eigenvalue weighted by Gasteiger charge is 2.23. The molecule has 8 aromatic rings. The molecular weight excluding hydrogens is 848 g/mol. The maximum Gasteiger partial charge on any atom is 0.0705 e. The molecule has 292 valence electrons. The molecule has 0 saturated heterocycles. The van der Waals surface area contributed by atoms with Crippen LogP contribution in [0.15, 0.2) is 155 Å². The van der Waals surface area contributed by atoms with Gasteiger partial charge in [0.05, 0.1) is 11.4 Å². The molecule has 2 heterocycles. The molecule has 0 fully saturated rings. The summed E-state index contributed by atoms with van der Waals surface area (Å²) >= 11 is 7.98. The van der Waals surface area contributed by atoms with Crippen molar-refractivity contribution < 1.29 is 0 Å². The molecule has 0 aliphatic carbocycles. The van der Waals surface area contributed by atoms with Crippen LogP contribution in [0, 0.1) is 34.6 Å². The molecule has 59 heavy (non-hydrogen) atoms. The van der Waals surface area contributed by atoms with Crippen LogP contribution in [0.2, 0.25) is 0 Å². The van der Waals surface area contributed by atoms with Crippen molar-refractivity contribution in [1.29, 1.82) is 0 Å². The molecule has 4 heteroatoms. The molecule has 0 N–H and O–H groups in total. The summed E-state index contributed by atoms with van der Waals surface area (Å²) in [6.07, 6.45) is 3.92. The van der Waals surface area contributed by atoms with Gasteiger partial charge >= 0.3 is 0 Å². The van der Waals surface area contributed by atoms with E-state index in [1.165, 1.54) is 72.3 Å². The number of benzene rings is 6. The van der Waals surface area contributed by atoms with Crippen LogP contribution in [0.5, 0.6) is 0 Å². The van der Waals surface area contributed by atoms with E-state index in [0.717, 1.165) is 48.2 Å². The fourth-order valence-electron chi connectivity index (χ4n) is 8.47. The Bertz CT molecular complexity index is 2850. The number of aromatic nitrogens is 2. The topological polar surface area (TPSA) is 25.8 Å². The van der Waals surface area contributed by atoms with Crippen molar-refractivity contribution >= 4 is 31.9 Å². The summed E-state index contributed by atoms with van der Waals surface area (Å²) < 4.78 is 2.09. The zero-order chi connectivity index (χ0) is 41.6. The Kier molecular flexibility index (Phi) is 11.2. The van der Waals surface area contributed by atoms with E-state index in [0.29, 0.717) is 0 Å². The van der Waals surface area contributed by atoms with Gasteiger partial charge in [-0.15, -0.1) is 0 Å². The highest BCUT2D eigenvalue weighted by molar-refractivity contribution is 9.11. The molecule has 0 saturated carbocycles. The van der Waals surface area contributed by atoms with E-state index in [9.17, 15) is 0 Å². The first kappa shape index (κ1) is 40.4. The summed E-state index contributed by atoms with van der Waals surface area (Å²) in [5.41, 5.74) is 23.9. The third-order valence-electron chi connectivity index (χ3n) is 11.9. The number of hydrogen-bond acceptors (Lipinski definition) is 2. The van der Waals surface area contributed by atoms with Crippen LogP contribution in [0.1, 0.15) is 54.2 Å². The molecule has 2 nitrogen and oxygen atoms in total. The summed E-state index contributed by atoms with van der Waals surface area (Å²) in [6, 6.07) is 47.9. The molecule has 0 unspecified atom stereocenters. The van der Waals surface area contributed by atoms with Gasteiger partial charge in [-0.1, -0.05) is 156 Å².